The van der Waals surface area contributed by atoms with Gasteiger partial charge in [-0.2, -0.15) is 18.2 Å². The van der Waals surface area contributed by atoms with E-state index in [0.717, 1.165) is 18.9 Å². The summed E-state index contributed by atoms with van der Waals surface area (Å²) in [6.45, 7) is 4.32. The van der Waals surface area contributed by atoms with Crippen LogP contribution in [0.15, 0.2) is 6.07 Å². The van der Waals surface area contributed by atoms with E-state index in [9.17, 15) is 13.2 Å². The minimum absolute atomic E-state index is 0.00789. The number of alkyl halides is 3. The minimum atomic E-state index is -4.46. The van der Waals surface area contributed by atoms with Gasteiger partial charge in [-0.15, -0.1) is 0 Å². The SMILES string of the molecule is CCNc1nc(NC2CC2CC)cc(C(F)(F)F)n1. The summed E-state index contributed by atoms with van der Waals surface area (Å²) in [5.74, 6) is 0.777. The molecule has 2 rings (SSSR count). The van der Waals surface area contributed by atoms with Gasteiger partial charge >= 0.3 is 6.18 Å². The maximum Gasteiger partial charge on any atom is 0.433 e. The lowest BCUT2D eigenvalue weighted by Gasteiger charge is -2.12. The van der Waals surface area contributed by atoms with E-state index in [4.69, 9.17) is 0 Å². The van der Waals surface area contributed by atoms with Gasteiger partial charge in [0.25, 0.3) is 0 Å². The van der Waals surface area contributed by atoms with Crippen molar-refractivity contribution in [3.8, 4) is 0 Å². The molecule has 0 aromatic carbocycles. The van der Waals surface area contributed by atoms with E-state index in [0.29, 0.717) is 12.5 Å². The lowest BCUT2D eigenvalue weighted by atomic mass is 10.3. The fourth-order valence-electron chi connectivity index (χ4n) is 1.97. The first-order chi connectivity index (χ1) is 8.94. The Morgan fingerprint density at radius 2 is 2.05 bits per heavy atom. The molecule has 2 atom stereocenters. The molecule has 2 unspecified atom stereocenters. The molecule has 0 amide bonds. The van der Waals surface area contributed by atoms with Crippen molar-refractivity contribution in [3.63, 3.8) is 0 Å². The second-order valence-corrected chi connectivity index (χ2v) is 4.64. The second kappa shape index (κ2) is 5.22. The standard InChI is InChI=1S/C12H17F3N4/c1-3-7-5-8(7)17-10-6-9(12(13,14)15)18-11(19-10)16-4-2/h6-8H,3-5H2,1-2H3,(H2,16,17,18,19). The van der Waals surface area contributed by atoms with Crippen LogP contribution in [-0.2, 0) is 6.18 Å². The fourth-order valence-corrected chi connectivity index (χ4v) is 1.97. The summed E-state index contributed by atoms with van der Waals surface area (Å²) in [6, 6.07) is 1.20. The number of nitrogens with one attached hydrogen (secondary N) is 2. The highest BCUT2D eigenvalue weighted by atomic mass is 19.4. The third-order valence-corrected chi connectivity index (χ3v) is 3.13. The zero-order chi connectivity index (χ0) is 14.0. The third-order valence-electron chi connectivity index (χ3n) is 3.13. The van der Waals surface area contributed by atoms with Crippen molar-refractivity contribution in [3.05, 3.63) is 11.8 Å². The Morgan fingerprint density at radius 3 is 2.58 bits per heavy atom. The summed E-state index contributed by atoms with van der Waals surface area (Å²) in [5, 5.41) is 5.75. The van der Waals surface area contributed by atoms with E-state index in [2.05, 4.69) is 27.5 Å². The molecule has 1 aliphatic rings. The molecule has 0 radical (unpaired) electrons. The molecule has 1 aromatic heterocycles. The normalized spacial score (nSPS) is 22.2. The number of aromatic nitrogens is 2. The maximum atomic E-state index is 12.7. The predicted molar refractivity (Wildman–Crippen MR) is 67.0 cm³/mol. The largest absolute Gasteiger partial charge is 0.433 e. The summed E-state index contributed by atoms with van der Waals surface area (Å²) < 4.78 is 38.2. The molecule has 1 saturated carbocycles. The van der Waals surface area contributed by atoms with Crippen molar-refractivity contribution in [2.75, 3.05) is 17.2 Å². The molecule has 1 heterocycles. The molecular weight excluding hydrogens is 257 g/mol. The van der Waals surface area contributed by atoms with Crippen LogP contribution in [0.25, 0.3) is 0 Å². The first-order valence-corrected chi connectivity index (χ1v) is 6.40. The average Bonchev–Trinajstić information content (AvgIpc) is 3.06. The molecular formula is C12H17F3N4. The lowest BCUT2D eigenvalue weighted by molar-refractivity contribution is -0.141. The van der Waals surface area contributed by atoms with E-state index < -0.39 is 11.9 Å². The predicted octanol–water partition coefficient (Wildman–Crippen LogP) is 3.14. The third kappa shape index (κ3) is 3.48. The summed E-state index contributed by atoms with van der Waals surface area (Å²) in [6.07, 6.45) is -2.45. The Bertz CT molecular complexity index is 447. The van der Waals surface area contributed by atoms with Gasteiger partial charge in [0.15, 0.2) is 5.69 Å². The average molecular weight is 274 g/mol. The van der Waals surface area contributed by atoms with Gasteiger partial charge in [0.05, 0.1) is 0 Å². The molecule has 7 heteroatoms. The molecule has 19 heavy (non-hydrogen) atoms. The molecule has 0 bridgehead atoms. The topological polar surface area (TPSA) is 49.8 Å². The molecule has 1 fully saturated rings. The smallest absolute Gasteiger partial charge is 0.367 e. The van der Waals surface area contributed by atoms with E-state index >= 15 is 0 Å². The zero-order valence-electron chi connectivity index (χ0n) is 10.9. The van der Waals surface area contributed by atoms with Gasteiger partial charge in [0, 0.05) is 18.7 Å². The van der Waals surface area contributed by atoms with Crippen LogP contribution < -0.4 is 10.6 Å². The summed E-state index contributed by atoms with van der Waals surface area (Å²) in [5.41, 5.74) is -0.922. The quantitative estimate of drug-likeness (QED) is 0.866. The fraction of sp³-hybridized carbons (Fsp3) is 0.667. The number of halogens is 3. The summed E-state index contributed by atoms with van der Waals surface area (Å²) in [7, 11) is 0. The first kappa shape index (κ1) is 13.9. The van der Waals surface area contributed by atoms with Crippen LogP contribution in [-0.4, -0.2) is 22.6 Å². The highest BCUT2D eigenvalue weighted by Gasteiger charge is 2.37. The molecule has 106 valence electrons. The molecule has 1 aliphatic carbocycles. The second-order valence-electron chi connectivity index (χ2n) is 4.64. The van der Waals surface area contributed by atoms with E-state index in [1.54, 1.807) is 6.92 Å². The Hall–Kier alpha value is -1.53. The van der Waals surface area contributed by atoms with Crippen LogP contribution in [0.5, 0.6) is 0 Å². The van der Waals surface area contributed by atoms with Gasteiger partial charge in [-0.1, -0.05) is 13.3 Å². The van der Waals surface area contributed by atoms with Gasteiger partial charge in [0.2, 0.25) is 5.95 Å². The molecule has 2 N–H and O–H groups in total. The first-order valence-electron chi connectivity index (χ1n) is 6.40. The number of hydrogen-bond donors (Lipinski definition) is 2. The van der Waals surface area contributed by atoms with Crippen molar-refractivity contribution in [2.24, 2.45) is 5.92 Å². The number of hydrogen-bond acceptors (Lipinski definition) is 4. The lowest BCUT2D eigenvalue weighted by Crippen LogP contribution is -2.15. The van der Waals surface area contributed by atoms with Crippen molar-refractivity contribution < 1.29 is 13.2 Å². The van der Waals surface area contributed by atoms with Crippen LogP contribution in [0.2, 0.25) is 0 Å². The number of nitrogens with zero attached hydrogens (tertiary/aromatic N) is 2. The van der Waals surface area contributed by atoms with Crippen LogP contribution >= 0.6 is 0 Å². The van der Waals surface area contributed by atoms with Crippen LogP contribution in [0.1, 0.15) is 32.4 Å². The van der Waals surface area contributed by atoms with Crippen LogP contribution in [0, 0.1) is 5.92 Å². The van der Waals surface area contributed by atoms with E-state index in [-0.39, 0.29) is 17.8 Å². The summed E-state index contributed by atoms with van der Waals surface area (Å²) in [4.78, 5) is 7.53. The highest BCUT2D eigenvalue weighted by molar-refractivity contribution is 5.45. The highest BCUT2D eigenvalue weighted by Crippen LogP contribution is 2.37. The van der Waals surface area contributed by atoms with Crippen LogP contribution in [0.4, 0.5) is 24.9 Å². The van der Waals surface area contributed by atoms with Crippen molar-refractivity contribution in [1.29, 1.82) is 0 Å². The Labute approximate surface area is 109 Å². The van der Waals surface area contributed by atoms with Crippen molar-refractivity contribution in [1.82, 2.24) is 9.97 Å². The Kier molecular flexibility index (Phi) is 3.82. The van der Waals surface area contributed by atoms with Gasteiger partial charge in [-0.25, -0.2) is 4.98 Å². The van der Waals surface area contributed by atoms with Crippen LogP contribution in [0.3, 0.4) is 0 Å². The number of rotatable bonds is 5. The molecule has 1 aromatic rings. The van der Waals surface area contributed by atoms with Gasteiger partial charge < -0.3 is 10.6 Å². The molecule has 0 saturated heterocycles. The Balaban J connectivity index is 2.19. The minimum Gasteiger partial charge on any atom is -0.367 e. The monoisotopic (exact) mass is 274 g/mol. The van der Waals surface area contributed by atoms with Gasteiger partial charge in [-0.3, -0.25) is 0 Å². The van der Waals surface area contributed by atoms with E-state index in [1.165, 1.54) is 0 Å². The Morgan fingerprint density at radius 1 is 1.32 bits per heavy atom. The molecule has 0 aliphatic heterocycles. The van der Waals surface area contributed by atoms with Gasteiger partial charge in [-0.05, 0) is 19.3 Å². The number of anilines is 2. The van der Waals surface area contributed by atoms with Crippen molar-refractivity contribution in [2.45, 2.75) is 38.9 Å². The van der Waals surface area contributed by atoms with Gasteiger partial charge in [0.1, 0.15) is 5.82 Å². The summed E-state index contributed by atoms with van der Waals surface area (Å²) >= 11 is 0. The van der Waals surface area contributed by atoms with Crippen molar-refractivity contribution >= 4 is 11.8 Å². The molecule has 4 nitrogen and oxygen atoms in total. The van der Waals surface area contributed by atoms with E-state index in [1.807, 2.05) is 0 Å². The maximum absolute atomic E-state index is 12.7. The molecule has 0 spiro atoms. The zero-order valence-corrected chi connectivity index (χ0v) is 10.9.